The zero-order chi connectivity index (χ0) is 17.1. The molecule has 3 aromatic rings. The Bertz CT molecular complexity index is 854. The normalized spacial score (nSPS) is 10.6. The maximum Gasteiger partial charge on any atom is 0.246 e. The van der Waals surface area contributed by atoms with Gasteiger partial charge in [-0.2, -0.15) is 5.10 Å². The molecule has 0 spiro atoms. The Kier molecular flexibility index (Phi) is 4.67. The second kappa shape index (κ2) is 6.89. The number of hydrogen-bond acceptors (Lipinski definition) is 2. The van der Waals surface area contributed by atoms with Gasteiger partial charge >= 0.3 is 0 Å². The summed E-state index contributed by atoms with van der Waals surface area (Å²) in [7, 11) is 0. The maximum absolute atomic E-state index is 12.2. The fourth-order valence-corrected chi connectivity index (χ4v) is 2.68. The van der Waals surface area contributed by atoms with Crippen molar-refractivity contribution in [3.63, 3.8) is 0 Å². The van der Waals surface area contributed by atoms with E-state index in [-0.39, 0.29) is 12.5 Å². The summed E-state index contributed by atoms with van der Waals surface area (Å²) >= 11 is 6.10. The lowest BCUT2D eigenvalue weighted by Gasteiger charge is -2.08. The van der Waals surface area contributed by atoms with Crippen LogP contribution in [0.2, 0.25) is 5.02 Å². The number of benzene rings is 2. The van der Waals surface area contributed by atoms with Crippen molar-refractivity contribution in [3.05, 3.63) is 71.0 Å². The molecule has 0 atom stereocenters. The molecule has 3 rings (SSSR count). The molecule has 1 amide bonds. The van der Waals surface area contributed by atoms with Crippen molar-refractivity contribution >= 4 is 23.2 Å². The predicted molar refractivity (Wildman–Crippen MR) is 97.2 cm³/mol. The average molecular weight is 340 g/mol. The predicted octanol–water partition coefficient (Wildman–Crippen LogP) is 4.46. The highest BCUT2D eigenvalue weighted by atomic mass is 35.5. The molecule has 0 saturated heterocycles. The molecule has 4 nitrogen and oxygen atoms in total. The molecule has 0 aliphatic heterocycles. The largest absolute Gasteiger partial charge is 0.324 e. The van der Waals surface area contributed by atoms with E-state index in [4.69, 9.17) is 11.6 Å². The molecule has 1 N–H and O–H groups in total. The summed E-state index contributed by atoms with van der Waals surface area (Å²) in [4.78, 5) is 12.2. The molecule has 1 aromatic heterocycles. The Morgan fingerprint density at radius 2 is 1.67 bits per heavy atom. The molecule has 0 radical (unpaired) electrons. The monoisotopic (exact) mass is 339 g/mol. The Balaban J connectivity index is 1.67. The van der Waals surface area contributed by atoms with Gasteiger partial charge in [-0.15, -0.1) is 0 Å². The minimum absolute atomic E-state index is 0.135. The highest BCUT2D eigenvalue weighted by Gasteiger charge is 2.12. The molecule has 122 valence electrons. The van der Waals surface area contributed by atoms with Gasteiger partial charge in [0.25, 0.3) is 0 Å². The third-order valence-electron chi connectivity index (χ3n) is 3.86. The number of anilines is 1. The molecule has 0 unspecified atom stereocenters. The van der Waals surface area contributed by atoms with E-state index in [0.717, 1.165) is 28.2 Å². The van der Waals surface area contributed by atoms with Crippen LogP contribution in [0.4, 0.5) is 5.69 Å². The van der Waals surface area contributed by atoms with Crippen LogP contribution in [0.25, 0.3) is 11.1 Å². The zero-order valence-corrected chi connectivity index (χ0v) is 14.3. The number of nitrogens with zero attached hydrogens (tertiary/aromatic N) is 2. The van der Waals surface area contributed by atoms with Gasteiger partial charge in [0.05, 0.1) is 16.4 Å². The maximum atomic E-state index is 12.2. The fourth-order valence-electron chi connectivity index (χ4n) is 2.54. The van der Waals surface area contributed by atoms with Gasteiger partial charge in [0, 0.05) is 5.69 Å². The van der Waals surface area contributed by atoms with E-state index in [9.17, 15) is 4.79 Å². The van der Waals surface area contributed by atoms with Crippen LogP contribution in [-0.4, -0.2) is 15.7 Å². The van der Waals surface area contributed by atoms with Crippen molar-refractivity contribution in [1.29, 1.82) is 0 Å². The quantitative estimate of drug-likeness (QED) is 0.762. The SMILES string of the molecule is Cc1nn(CC(=O)Nc2ccc(-c3ccccc3)cc2)c(C)c1Cl. The van der Waals surface area contributed by atoms with E-state index in [0.29, 0.717) is 5.02 Å². The van der Waals surface area contributed by atoms with Gasteiger partial charge in [-0.3, -0.25) is 9.48 Å². The van der Waals surface area contributed by atoms with E-state index < -0.39 is 0 Å². The fraction of sp³-hybridized carbons (Fsp3) is 0.158. The third kappa shape index (κ3) is 3.49. The summed E-state index contributed by atoms with van der Waals surface area (Å²) in [6.07, 6.45) is 0. The van der Waals surface area contributed by atoms with Crippen LogP contribution in [0.3, 0.4) is 0 Å². The van der Waals surface area contributed by atoms with Crippen molar-refractivity contribution in [2.24, 2.45) is 0 Å². The molecule has 0 saturated carbocycles. The van der Waals surface area contributed by atoms with E-state index in [1.807, 2.05) is 56.3 Å². The molecular weight excluding hydrogens is 322 g/mol. The first-order valence-corrected chi connectivity index (χ1v) is 8.07. The number of aryl methyl sites for hydroxylation is 1. The average Bonchev–Trinajstić information content (AvgIpc) is 2.83. The number of hydrogen-bond donors (Lipinski definition) is 1. The Morgan fingerprint density at radius 1 is 1.04 bits per heavy atom. The minimum Gasteiger partial charge on any atom is -0.324 e. The van der Waals surface area contributed by atoms with Gasteiger partial charge in [-0.1, -0.05) is 54.1 Å². The number of halogens is 1. The van der Waals surface area contributed by atoms with Crippen molar-refractivity contribution in [2.75, 3.05) is 5.32 Å². The standard InChI is InChI=1S/C19H18ClN3O/c1-13-19(20)14(2)23(22-13)12-18(24)21-17-10-8-16(9-11-17)15-6-4-3-5-7-15/h3-11H,12H2,1-2H3,(H,21,24). The van der Waals surface area contributed by atoms with Crippen molar-refractivity contribution in [3.8, 4) is 11.1 Å². The van der Waals surface area contributed by atoms with E-state index in [1.54, 1.807) is 4.68 Å². The molecule has 1 heterocycles. The van der Waals surface area contributed by atoms with Crippen LogP contribution in [0.5, 0.6) is 0 Å². The van der Waals surface area contributed by atoms with E-state index >= 15 is 0 Å². The molecular formula is C19H18ClN3O. The molecule has 24 heavy (non-hydrogen) atoms. The first-order valence-electron chi connectivity index (χ1n) is 7.69. The first-order chi connectivity index (χ1) is 11.5. The summed E-state index contributed by atoms with van der Waals surface area (Å²) in [5.41, 5.74) is 4.54. The highest BCUT2D eigenvalue weighted by Crippen LogP contribution is 2.21. The Hall–Kier alpha value is -2.59. The summed E-state index contributed by atoms with van der Waals surface area (Å²) in [5.74, 6) is -0.135. The van der Waals surface area contributed by atoms with Crippen LogP contribution in [0, 0.1) is 13.8 Å². The van der Waals surface area contributed by atoms with Crippen LogP contribution in [-0.2, 0) is 11.3 Å². The smallest absolute Gasteiger partial charge is 0.246 e. The zero-order valence-electron chi connectivity index (χ0n) is 13.6. The second-order valence-electron chi connectivity index (χ2n) is 5.63. The Labute approximate surface area is 146 Å². The summed E-state index contributed by atoms with van der Waals surface area (Å²) in [6, 6.07) is 17.9. The van der Waals surface area contributed by atoms with Crippen LogP contribution < -0.4 is 5.32 Å². The summed E-state index contributed by atoms with van der Waals surface area (Å²) in [5, 5.41) is 7.76. The van der Waals surface area contributed by atoms with E-state index in [1.165, 1.54) is 0 Å². The highest BCUT2D eigenvalue weighted by molar-refractivity contribution is 6.31. The molecule has 0 aliphatic carbocycles. The third-order valence-corrected chi connectivity index (χ3v) is 4.41. The number of carbonyl (C=O) groups is 1. The Morgan fingerprint density at radius 3 is 2.25 bits per heavy atom. The lowest BCUT2D eigenvalue weighted by atomic mass is 10.1. The van der Waals surface area contributed by atoms with Gasteiger partial charge in [0.2, 0.25) is 5.91 Å². The van der Waals surface area contributed by atoms with Gasteiger partial charge in [-0.05, 0) is 37.1 Å². The summed E-state index contributed by atoms with van der Waals surface area (Å²) < 4.78 is 1.62. The van der Waals surface area contributed by atoms with E-state index in [2.05, 4.69) is 22.5 Å². The number of aromatic nitrogens is 2. The number of carbonyl (C=O) groups excluding carboxylic acids is 1. The number of rotatable bonds is 4. The lowest BCUT2D eigenvalue weighted by Crippen LogP contribution is -2.20. The minimum atomic E-state index is -0.135. The molecule has 5 heteroatoms. The number of nitrogens with one attached hydrogen (secondary N) is 1. The topological polar surface area (TPSA) is 46.9 Å². The second-order valence-corrected chi connectivity index (χ2v) is 6.01. The van der Waals surface area contributed by atoms with Gasteiger partial charge in [-0.25, -0.2) is 0 Å². The van der Waals surface area contributed by atoms with Crippen molar-refractivity contribution in [1.82, 2.24) is 9.78 Å². The van der Waals surface area contributed by atoms with Gasteiger partial charge in [0.1, 0.15) is 6.54 Å². The lowest BCUT2D eigenvalue weighted by molar-refractivity contribution is -0.116. The van der Waals surface area contributed by atoms with Crippen molar-refractivity contribution in [2.45, 2.75) is 20.4 Å². The van der Waals surface area contributed by atoms with Gasteiger partial charge < -0.3 is 5.32 Å². The summed E-state index contributed by atoms with van der Waals surface area (Å²) in [6.45, 7) is 3.82. The molecule has 0 bridgehead atoms. The van der Waals surface area contributed by atoms with Crippen LogP contribution in [0.1, 0.15) is 11.4 Å². The molecule has 2 aromatic carbocycles. The molecule has 0 aliphatic rings. The van der Waals surface area contributed by atoms with Crippen LogP contribution >= 0.6 is 11.6 Å². The van der Waals surface area contributed by atoms with Crippen molar-refractivity contribution < 1.29 is 4.79 Å². The first kappa shape index (κ1) is 16.3. The molecule has 0 fully saturated rings. The van der Waals surface area contributed by atoms with Gasteiger partial charge in [0.15, 0.2) is 0 Å². The van der Waals surface area contributed by atoms with Crippen LogP contribution in [0.15, 0.2) is 54.6 Å². The number of amides is 1.